The monoisotopic (exact) mass is 359 g/mol. The molecule has 1 aromatic carbocycles. The molecular formula is C15H15Cl2NO5. The van der Waals surface area contributed by atoms with Crippen molar-refractivity contribution in [3.63, 3.8) is 0 Å². The van der Waals surface area contributed by atoms with Crippen LogP contribution in [-0.4, -0.2) is 29.4 Å². The van der Waals surface area contributed by atoms with Crippen LogP contribution in [0.5, 0.6) is 0 Å². The third-order valence-electron chi connectivity index (χ3n) is 2.71. The molecule has 0 amide bonds. The van der Waals surface area contributed by atoms with E-state index >= 15 is 0 Å². The lowest BCUT2D eigenvalue weighted by Crippen LogP contribution is -2.15. The van der Waals surface area contributed by atoms with Gasteiger partial charge in [0.15, 0.2) is 5.78 Å². The Morgan fingerprint density at radius 2 is 1.96 bits per heavy atom. The molecule has 1 rings (SSSR count). The molecule has 0 aliphatic rings. The molecule has 0 bridgehead atoms. The van der Waals surface area contributed by atoms with E-state index in [9.17, 15) is 14.4 Å². The Morgan fingerprint density at radius 3 is 2.48 bits per heavy atom. The number of carbonyl (C=O) groups excluding carboxylic acids is 2. The van der Waals surface area contributed by atoms with Crippen LogP contribution in [0.1, 0.15) is 30.6 Å². The van der Waals surface area contributed by atoms with Crippen LogP contribution in [0.15, 0.2) is 23.9 Å². The number of halogens is 2. The number of carbonyl (C=O) groups is 3. The minimum absolute atomic E-state index is 0.0221. The van der Waals surface area contributed by atoms with Crippen LogP contribution < -0.4 is 5.32 Å². The van der Waals surface area contributed by atoms with Crippen LogP contribution in [0, 0.1) is 0 Å². The maximum atomic E-state index is 11.8. The number of carboxylic acid groups (broad SMARTS) is 1. The first kappa shape index (κ1) is 19.0. The molecule has 0 spiro atoms. The second kappa shape index (κ2) is 8.55. The predicted molar refractivity (Wildman–Crippen MR) is 87.1 cm³/mol. The molecule has 6 nitrogen and oxygen atoms in total. The Kier molecular flexibility index (Phi) is 7.06. The number of hydrogen-bond acceptors (Lipinski definition) is 5. The van der Waals surface area contributed by atoms with Crippen LogP contribution in [0.4, 0.5) is 5.69 Å². The summed E-state index contributed by atoms with van der Waals surface area (Å²) in [4.78, 5) is 34.4. The third kappa shape index (κ3) is 4.97. The van der Waals surface area contributed by atoms with Crippen molar-refractivity contribution >= 4 is 46.6 Å². The molecule has 0 saturated heterocycles. The highest BCUT2D eigenvalue weighted by Crippen LogP contribution is 2.31. The number of benzene rings is 1. The second-order valence-electron chi connectivity index (χ2n) is 4.48. The molecule has 8 heteroatoms. The summed E-state index contributed by atoms with van der Waals surface area (Å²) in [5, 5.41) is 11.6. The van der Waals surface area contributed by atoms with Gasteiger partial charge in [-0.15, -0.1) is 0 Å². The lowest BCUT2D eigenvalue weighted by atomic mass is 10.2. The molecule has 0 saturated carbocycles. The fourth-order valence-corrected chi connectivity index (χ4v) is 2.17. The predicted octanol–water partition coefficient (Wildman–Crippen LogP) is 3.53. The van der Waals surface area contributed by atoms with Crippen LogP contribution in [0.3, 0.4) is 0 Å². The molecule has 0 heterocycles. The summed E-state index contributed by atoms with van der Waals surface area (Å²) in [6.45, 7) is 3.23. The first-order valence-corrected chi connectivity index (χ1v) is 7.41. The van der Waals surface area contributed by atoms with Crippen LogP contribution >= 0.6 is 23.2 Å². The number of ketones is 1. The van der Waals surface area contributed by atoms with Gasteiger partial charge in [0.05, 0.1) is 27.9 Å². The Labute approximate surface area is 143 Å². The van der Waals surface area contributed by atoms with Gasteiger partial charge in [0, 0.05) is 6.20 Å². The van der Waals surface area contributed by atoms with Crippen molar-refractivity contribution in [3.8, 4) is 0 Å². The summed E-state index contributed by atoms with van der Waals surface area (Å²) < 4.78 is 4.90. The molecule has 0 unspecified atom stereocenters. The minimum atomic E-state index is -1.29. The van der Waals surface area contributed by atoms with Gasteiger partial charge in [-0.05, 0) is 25.5 Å². The first-order chi connectivity index (χ1) is 10.8. The van der Waals surface area contributed by atoms with Gasteiger partial charge in [-0.25, -0.2) is 9.59 Å². The summed E-state index contributed by atoms with van der Waals surface area (Å²) in [6, 6.07) is 2.78. The van der Waals surface area contributed by atoms with Gasteiger partial charge in [0.1, 0.15) is 5.57 Å². The normalized spacial score (nSPS) is 11.0. The smallest absolute Gasteiger partial charge is 0.343 e. The zero-order valence-corrected chi connectivity index (χ0v) is 14.0. The summed E-state index contributed by atoms with van der Waals surface area (Å²) in [5.74, 6) is -2.56. The first-order valence-electron chi connectivity index (χ1n) is 6.65. The van der Waals surface area contributed by atoms with Gasteiger partial charge >= 0.3 is 11.9 Å². The van der Waals surface area contributed by atoms with Crippen LogP contribution in [-0.2, 0) is 14.3 Å². The lowest BCUT2D eigenvalue weighted by molar-refractivity contribution is -0.140. The number of esters is 1. The average Bonchev–Trinajstić information content (AvgIpc) is 2.46. The Balaban J connectivity index is 3.10. The van der Waals surface area contributed by atoms with E-state index in [-0.39, 0.29) is 33.5 Å². The summed E-state index contributed by atoms with van der Waals surface area (Å²) in [5.41, 5.74) is -0.290. The quantitative estimate of drug-likeness (QED) is 0.334. The number of anilines is 1. The molecule has 0 aromatic heterocycles. The number of rotatable bonds is 7. The molecule has 0 atom stereocenters. The number of hydrogen-bond donors (Lipinski definition) is 2. The highest BCUT2D eigenvalue weighted by molar-refractivity contribution is 6.41. The summed E-state index contributed by atoms with van der Waals surface area (Å²) >= 11 is 11.8. The van der Waals surface area contributed by atoms with E-state index in [1.54, 1.807) is 0 Å². The van der Waals surface area contributed by atoms with Crippen LogP contribution in [0.25, 0.3) is 0 Å². The topological polar surface area (TPSA) is 92.7 Å². The van der Waals surface area contributed by atoms with E-state index in [4.69, 9.17) is 33.0 Å². The van der Waals surface area contributed by atoms with Gasteiger partial charge in [0.2, 0.25) is 0 Å². The fourth-order valence-electron chi connectivity index (χ4n) is 1.59. The summed E-state index contributed by atoms with van der Waals surface area (Å²) in [7, 11) is 0. The van der Waals surface area contributed by atoms with Gasteiger partial charge < -0.3 is 15.2 Å². The van der Waals surface area contributed by atoms with Crippen molar-refractivity contribution < 1.29 is 24.2 Å². The second-order valence-corrected chi connectivity index (χ2v) is 5.27. The SMILES string of the molecule is CCCOC(=O)C(=CNc1ccc(Cl)c(C(=O)O)c1Cl)C(C)=O. The Morgan fingerprint density at radius 1 is 1.30 bits per heavy atom. The van der Waals surface area contributed by atoms with E-state index in [0.29, 0.717) is 6.42 Å². The van der Waals surface area contributed by atoms with Crippen molar-refractivity contribution in [3.05, 3.63) is 39.5 Å². The number of aromatic carboxylic acids is 1. The average molecular weight is 360 g/mol. The Hall–Kier alpha value is -2.05. The fraction of sp³-hybridized carbons (Fsp3) is 0.267. The van der Waals surface area contributed by atoms with Gasteiger partial charge in [-0.1, -0.05) is 30.1 Å². The van der Waals surface area contributed by atoms with E-state index in [2.05, 4.69) is 5.32 Å². The molecule has 124 valence electrons. The van der Waals surface area contributed by atoms with E-state index in [1.807, 2.05) is 6.92 Å². The maximum absolute atomic E-state index is 11.8. The van der Waals surface area contributed by atoms with Crippen molar-refractivity contribution in [2.75, 3.05) is 11.9 Å². The summed E-state index contributed by atoms with van der Waals surface area (Å²) in [6.07, 6.45) is 1.75. The number of nitrogens with one attached hydrogen (secondary N) is 1. The van der Waals surface area contributed by atoms with Gasteiger partial charge in [-0.2, -0.15) is 0 Å². The molecular weight excluding hydrogens is 345 g/mol. The standard InChI is InChI=1S/C15H15Cl2NO5/c1-3-6-23-15(22)9(8(2)19)7-18-11-5-4-10(16)12(13(11)17)14(20)21/h4-5,7,18H,3,6H2,1-2H3,(H,20,21). The van der Waals surface area contributed by atoms with Crippen molar-refractivity contribution in [1.82, 2.24) is 0 Å². The minimum Gasteiger partial charge on any atom is -0.478 e. The number of ether oxygens (including phenoxy) is 1. The molecule has 1 aromatic rings. The van der Waals surface area contributed by atoms with E-state index in [0.717, 1.165) is 6.20 Å². The highest BCUT2D eigenvalue weighted by Gasteiger charge is 2.19. The molecule has 0 aliphatic carbocycles. The zero-order valence-electron chi connectivity index (χ0n) is 12.5. The lowest BCUT2D eigenvalue weighted by Gasteiger charge is -2.10. The van der Waals surface area contributed by atoms with Crippen molar-refractivity contribution in [2.45, 2.75) is 20.3 Å². The highest BCUT2D eigenvalue weighted by atomic mass is 35.5. The largest absolute Gasteiger partial charge is 0.478 e. The molecule has 0 aliphatic heterocycles. The zero-order chi connectivity index (χ0) is 17.6. The van der Waals surface area contributed by atoms with Crippen molar-refractivity contribution in [2.24, 2.45) is 0 Å². The Bertz CT molecular complexity index is 670. The van der Waals surface area contributed by atoms with E-state index < -0.39 is 17.7 Å². The van der Waals surface area contributed by atoms with Crippen LogP contribution in [0.2, 0.25) is 10.0 Å². The number of carboxylic acids is 1. The molecule has 23 heavy (non-hydrogen) atoms. The molecule has 2 N–H and O–H groups in total. The van der Waals surface area contributed by atoms with Crippen molar-refractivity contribution in [1.29, 1.82) is 0 Å². The third-order valence-corrected chi connectivity index (χ3v) is 3.42. The van der Waals surface area contributed by atoms with Gasteiger partial charge in [-0.3, -0.25) is 4.79 Å². The maximum Gasteiger partial charge on any atom is 0.343 e. The molecule has 0 fully saturated rings. The van der Waals surface area contributed by atoms with Gasteiger partial charge in [0.25, 0.3) is 0 Å². The molecule has 0 radical (unpaired) electrons. The van der Waals surface area contributed by atoms with E-state index in [1.165, 1.54) is 19.1 Å². The number of Topliss-reactive ketones (excluding diaryl/α,β-unsaturated/α-hetero) is 1.